The van der Waals surface area contributed by atoms with E-state index in [1.165, 1.54) is 7.11 Å². The highest BCUT2D eigenvalue weighted by molar-refractivity contribution is 5.94. The van der Waals surface area contributed by atoms with Crippen molar-refractivity contribution >= 4 is 17.6 Å². The van der Waals surface area contributed by atoms with Crippen LogP contribution in [0, 0.1) is 0 Å². The second-order valence-corrected chi connectivity index (χ2v) is 6.66. The number of furan rings is 1. The first-order valence-electron chi connectivity index (χ1n) is 9.02. The third kappa shape index (κ3) is 3.79. The van der Waals surface area contributed by atoms with Gasteiger partial charge in [-0.05, 0) is 29.8 Å². The number of hydrogen-bond acceptors (Lipinski definition) is 6. The van der Waals surface area contributed by atoms with Gasteiger partial charge in [-0.25, -0.2) is 4.68 Å². The van der Waals surface area contributed by atoms with Crippen LogP contribution in [0.15, 0.2) is 47.2 Å². The summed E-state index contributed by atoms with van der Waals surface area (Å²) in [7, 11) is 1.51. The first-order chi connectivity index (χ1) is 14.0. The predicted molar refractivity (Wildman–Crippen MR) is 103 cm³/mol. The highest BCUT2D eigenvalue weighted by atomic mass is 16.5. The topological polar surface area (TPSA) is 122 Å². The van der Waals surface area contributed by atoms with E-state index in [-0.39, 0.29) is 24.9 Å². The van der Waals surface area contributed by atoms with Crippen LogP contribution >= 0.6 is 0 Å². The summed E-state index contributed by atoms with van der Waals surface area (Å²) in [5.41, 5.74) is 6.91. The molecule has 0 aliphatic carbocycles. The maximum atomic E-state index is 12.4. The number of benzene rings is 1. The SMILES string of the molecule is COc1ccc([C@H]2CC(=O)Nc3c2cnn3Cc2ccco2)cc1OCC(N)=O. The normalized spacial score (nSPS) is 15.5. The minimum atomic E-state index is -0.587. The summed E-state index contributed by atoms with van der Waals surface area (Å²) < 4.78 is 17.9. The number of carbonyl (C=O) groups excluding carboxylic acids is 2. The lowest BCUT2D eigenvalue weighted by Gasteiger charge is -2.24. The average molecular weight is 396 g/mol. The van der Waals surface area contributed by atoms with Crippen molar-refractivity contribution in [2.75, 3.05) is 19.0 Å². The van der Waals surface area contributed by atoms with Gasteiger partial charge in [-0.1, -0.05) is 6.07 Å². The molecule has 2 aromatic heterocycles. The largest absolute Gasteiger partial charge is 0.493 e. The molecule has 3 heterocycles. The molecule has 1 aromatic carbocycles. The van der Waals surface area contributed by atoms with Crippen molar-refractivity contribution in [2.45, 2.75) is 18.9 Å². The molecule has 29 heavy (non-hydrogen) atoms. The van der Waals surface area contributed by atoms with Crippen LogP contribution in [-0.2, 0) is 16.1 Å². The molecule has 3 N–H and O–H groups in total. The van der Waals surface area contributed by atoms with Crippen molar-refractivity contribution in [3.8, 4) is 11.5 Å². The lowest BCUT2D eigenvalue weighted by Crippen LogP contribution is -2.25. The zero-order valence-corrected chi connectivity index (χ0v) is 15.8. The smallest absolute Gasteiger partial charge is 0.255 e. The fourth-order valence-corrected chi connectivity index (χ4v) is 3.41. The van der Waals surface area contributed by atoms with Crippen LogP contribution < -0.4 is 20.5 Å². The third-order valence-electron chi connectivity index (χ3n) is 4.74. The zero-order chi connectivity index (χ0) is 20.4. The lowest BCUT2D eigenvalue weighted by molar-refractivity contribution is -0.120. The van der Waals surface area contributed by atoms with E-state index in [1.54, 1.807) is 35.3 Å². The Morgan fingerprint density at radius 2 is 2.24 bits per heavy atom. The monoisotopic (exact) mass is 396 g/mol. The maximum absolute atomic E-state index is 12.4. The number of hydrogen-bond donors (Lipinski definition) is 2. The van der Waals surface area contributed by atoms with Crippen LogP contribution in [0.2, 0.25) is 0 Å². The van der Waals surface area contributed by atoms with Crippen LogP contribution in [0.4, 0.5) is 5.82 Å². The number of ether oxygens (including phenoxy) is 2. The highest BCUT2D eigenvalue weighted by Crippen LogP contribution is 2.40. The van der Waals surface area contributed by atoms with Crippen LogP contribution in [0.25, 0.3) is 0 Å². The molecule has 0 radical (unpaired) electrons. The molecule has 1 aliphatic heterocycles. The van der Waals surface area contributed by atoms with Crippen LogP contribution in [0.1, 0.15) is 29.2 Å². The molecule has 2 amide bonds. The molecule has 0 unspecified atom stereocenters. The molecule has 9 heteroatoms. The van der Waals surface area contributed by atoms with Crippen molar-refractivity contribution in [1.82, 2.24) is 9.78 Å². The van der Waals surface area contributed by atoms with Crippen LogP contribution in [0.5, 0.6) is 11.5 Å². The summed E-state index contributed by atoms with van der Waals surface area (Å²) in [6, 6.07) is 9.02. The fraction of sp³-hybridized carbons (Fsp3) is 0.250. The van der Waals surface area contributed by atoms with E-state index in [0.29, 0.717) is 23.9 Å². The minimum Gasteiger partial charge on any atom is -0.493 e. The maximum Gasteiger partial charge on any atom is 0.255 e. The summed E-state index contributed by atoms with van der Waals surface area (Å²) in [5.74, 6) is 1.32. The second-order valence-electron chi connectivity index (χ2n) is 6.66. The van der Waals surface area contributed by atoms with Crippen molar-refractivity contribution in [2.24, 2.45) is 5.73 Å². The number of anilines is 1. The van der Waals surface area contributed by atoms with E-state index in [1.807, 2.05) is 12.1 Å². The first-order valence-corrected chi connectivity index (χ1v) is 9.02. The number of nitrogens with two attached hydrogens (primary N) is 1. The molecule has 0 fully saturated rings. The van der Waals surface area contributed by atoms with Crippen molar-refractivity contribution in [3.05, 3.63) is 59.7 Å². The first kappa shape index (κ1) is 18.6. The Bertz CT molecular complexity index is 1040. The number of fused-ring (bicyclic) bond motifs is 1. The van der Waals surface area contributed by atoms with Gasteiger partial charge in [0.2, 0.25) is 5.91 Å². The van der Waals surface area contributed by atoms with E-state index in [0.717, 1.165) is 16.9 Å². The average Bonchev–Trinajstić information content (AvgIpc) is 3.36. The fourth-order valence-electron chi connectivity index (χ4n) is 3.41. The van der Waals surface area contributed by atoms with Gasteiger partial charge in [0.25, 0.3) is 5.91 Å². The molecule has 0 bridgehead atoms. The summed E-state index contributed by atoms with van der Waals surface area (Å²) in [6.45, 7) is 0.141. The number of methoxy groups -OCH3 is 1. The molecular formula is C20H20N4O5. The van der Waals surface area contributed by atoms with Gasteiger partial charge in [-0.3, -0.25) is 9.59 Å². The van der Waals surface area contributed by atoms with Gasteiger partial charge in [0.1, 0.15) is 18.1 Å². The predicted octanol–water partition coefficient (Wildman–Crippen LogP) is 1.87. The van der Waals surface area contributed by atoms with E-state index < -0.39 is 5.91 Å². The van der Waals surface area contributed by atoms with Crippen molar-refractivity contribution in [1.29, 1.82) is 0 Å². The van der Waals surface area contributed by atoms with E-state index in [2.05, 4.69) is 10.4 Å². The van der Waals surface area contributed by atoms with Gasteiger partial charge < -0.3 is 24.9 Å². The van der Waals surface area contributed by atoms with Gasteiger partial charge in [0, 0.05) is 17.9 Å². The Morgan fingerprint density at radius 3 is 2.97 bits per heavy atom. The Labute approximate surface area is 166 Å². The number of rotatable bonds is 7. The minimum absolute atomic E-state index is 0.112. The summed E-state index contributed by atoms with van der Waals surface area (Å²) in [5, 5.41) is 7.32. The Hall–Kier alpha value is -3.75. The van der Waals surface area contributed by atoms with Crippen molar-refractivity contribution in [3.63, 3.8) is 0 Å². The Morgan fingerprint density at radius 1 is 1.38 bits per heavy atom. The molecule has 9 nitrogen and oxygen atoms in total. The standard InChI is InChI=1S/C20H20N4O5/c1-27-16-5-4-12(7-17(16)29-11-18(21)25)14-8-19(26)23-20-15(14)9-22-24(20)10-13-3-2-6-28-13/h2-7,9,14H,8,10-11H2,1H3,(H2,21,25)(H,23,26)/t14-/m1/s1. The van der Waals surface area contributed by atoms with Crippen LogP contribution in [-0.4, -0.2) is 35.3 Å². The van der Waals surface area contributed by atoms with E-state index in [4.69, 9.17) is 19.6 Å². The lowest BCUT2D eigenvalue weighted by atomic mass is 9.87. The molecule has 150 valence electrons. The molecular weight excluding hydrogens is 376 g/mol. The third-order valence-corrected chi connectivity index (χ3v) is 4.74. The quantitative estimate of drug-likeness (QED) is 0.629. The Kier molecular flexibility index (Phi) is 4.94. The molecule has 0 saturated carbocycles. The van der Waals surface area contributed by atoms with Gasteiger partial charge in [-0.15, -0.1) is 0 Å². The molecule has 0 saturated heterocycles. The molecule has 1 atom stereocenters. The van der Waals surface area contributed by atoms with Gasteiger partial charge in [-0.2, -0.15) is 5.10 Å². The molecule has 1 aliphatic rings. The second kappa shape index (κ2) is 7.70. The number of aromatic nitrogens is 2. The zero-order valence-electron chi connectivity index (χ0n) is 15.8. The van der Waals surface area contributed by atoms with Gasteiger partial charge >= 0.3 is 0 Å². The number of carbonyl (C=O) groups is 2. The number of nitrogens with one attached hydrogen (secondary N) is 1. The molecule has 0 spiro atoms. The summed E-state index contributed by atoms with van der Waals surface area (Å²) in [4.78, 5) is 23.5. The molecule has 4 rings (SSSR count). The Balaban J connectivity index is 1.68. The van der Waals surface area contributed by atoms with Gasteiger partial charge in [0.15, 0.2) is 18.1 Å². The molecule has 3 aromatic rings. The summed E-state index contributed by atoms with van der Waals surface area (Å²) >= 11 is 0. The van der Waals surface area contributed by atoms with Gasteiger partial charge in [0.05, 0.1) is 19.6 Å². The van der Waals surface area contributed by atoms with E-state index in [9.17, 15) is 9.59 Å². The van der Waals surface area contributed by atoms with E-state index >= 15 is 0 Å². The van der Waals surface area contributed by atoms with Crippen LogP contribution in [0.3, 0.4) is 0 Å². The summed E-state index contributed by atoms with van der Waals surface area (Å²) in [6.07, 6.45) is 3.61. The number of primary amides is 1. The highest BCUT2D eigenvalue weighted by Gasteiger charge is 2.30. The number of amides is 2. The van der Waals surface area contributed by atoms with Crippen molar-refractivity contribution < 1.29 is 23.5 Å². The number of nitrogens with zero attached hydrogens (tertiary/aromatic N) is 2.